The summed E-state index contributed by atoms with van der Waals surface area (Å²) in [6, 6.07) is 8.81. The van der Waals surface area contributed by atoms with Crippen LogP contribution in [0.15, 0.2) is 30.3 Å². The first-order valence-corrected chi connectivity index (χ1v) is 4.42. The number of carboxylic acids is 1. The summed E-state index contributed by atoms with van der Waals surface area (Å²) < 4.78 is 4.70. The van der Waals surface area contributed by atoms with E-state index in [0.29, 0.717) is 5.69 Å². The summed E-state index contributed by atoms with van der Waals surface area (Å²) in [7, 11) is 0. The van der Waals surface area contributed by atoms with E-state index in [0.717, 1.165) is 0 Å². The summed E-state index contributed by atoms with van der Waals surface area (Å²) in [4.78, 5) is 21.8. The van der Waals surface area contributed by atoms with Crippen molar-refractivity contribution in [1.29, 1.82) is 0 Å². The number of epoxide rings is 1. The van der Waals surface area contributed by atoms with Crippen molar-refractivity contribution >= 4 is 17.6 Å². The Bertz CT molecular complexity index is 401. The first-order valence-electron chi connectivity index (χ1n) is 4.42. The van der Waals surface area contributed by atoms with Crippen LogP contribution in [-0.4, -0.2) is 29.2 Å². The van der Waals surface area contributed by atoms with E-state index in [-0.39, 0.29) is 31.0 Å². The van der Waals surface area contributed by atoms with Crippen molar-refractivity contribution in [2.45, 2.75) is 12.2 Å². The smallest absolute Gasteiger partial charge is 1.00 e. The van der Waals surface area contributed by atoms with Gasteiger partial charge < -0.3 is 16.6 Å². The zero-order chi connectivity index (χ0) is 10.8. The molecule has 1 aromatic rings. The molecular weight excluding hydrogens is 221 g/mol. The number of rotatable bonds is 3. The molecule has 0 aromatic heterocycles. The first-order chi connectivity index (χ1) is 7.18. The van der Waals surface area contributed by atoms with Crippen LogP contribution in [0.3, 0.4) is 0 Å². The summed E-state index contributed by atoms with van der Waals surface area (Å²) in [5.74, 6) is -1.53. The van der Waals surface area contributed by atoms with E-state index in [1.54, 1.807) is 24.3 Å². The average Bonchev–Trinajstić information content (AvgIpc) is 2.98. The molecule has 0 aliphatic carbocycles. The van der Waals surface area contributed by atoms with E-state index < -0.39 is 24.1 Å². The van der Waals surface area contributed by atoms with Crippen LogP contribution in [0, 0.1) is 0 Å². The van der Waals surface area contributed by atoms with Gasteiger partial charge in [-0.1, -0.05) is 18.2 Å². The molecule has 6 heteroatoms. The minimum Gasteiger partial charge on any atom is -1.00 e. The molecule has 0 radical (unpaired) electrons. The number of nitrogens with one attached hydrogen (secondary N) is 1. The number of carboxylic acid groups (broad SMARTS) is 1. The van der Waals surface area contributed by atoms with E-state index in [2.05, 4.69) is 5.32 Å². The summed E-state index contributed by atoms with van der Waals surface area (Å²) in [6.45, 7) is 0. The molecule has 5 nitrogen and oxygen atoms in total. The number of carbonyl (C=O) groups is 2. The topological polar surface area (TPSA) is 78.9 Å². The van der Waals surface area contributed by atoms with Crippen LogP contribution in [-0.2, 0) is 14.3 Å². The van der Waals surface area contributed by atoms with Crippen LogP contribution in [0.1, 0.15) is 1.43 Å². The first kappa shape index (κ1) is 13.2. The molecule has 2 N–H and O–H groups in total. The van der Waals surface area contributed by atoms with Gasteiger partial charge in [-0.25, -0.2) is 4.79 Å². The van der Waals surface area contributed by atoms with Gasteiger partial charge in [-0.3, -0.25) is 4.79 Å². The number of carbonyl (C=O) groups excluding carboxylic acids is 1. The van der Waals surface area contributed by atoms with E-state index in [4.69, 9.17) is 9.84 Å². The van der Waals surface area contributed by atoms with Gasteiger partial charge in [0.2, 0.25) is 0 Å². The molecule has 1 aromatic carbocycles. The maximum Gasteiger partial charge on any atom is 1.00 e. The van der Waals surface area contributed by atoms with Crippen LogP contribution in [0.2, 0.25) is 0 Å². The molecule has 1 aliphatic heterocycles. The summed E-state index contributed by atoms with van der Waals surface area (Å²) in [5, 5.41) is 11.1. The van der Waals surface area contributed by atoms with Crippen LogP contribution in [0.25, 0.3) is 0 Å². The minimum atomic E-state index is -1.11. The third-order valence-corrected chi connectivity index (χ3v) is 2.03. The maximum absolute atomic E-state index is 11.4. The molecule has 0 spiro atoms. The number of aliphatic carboxylic acids is 1. The van der Waals surface area contributed by atoms with Gasteiger partial charge in [0.1, 0.15) is 0 Å². The monoisotopic (exact) mass is 231 g/mol. The largest absolute Gasteiger partial charge is 1.00 e. The molecule has 2 atom stereocenters. The van der Waals surface area contributed by atoms with Crippen LogP contribution < -0.4 is 34.9 Å². The van der Waals surface area contributed by atoms with Crippen LogP contribution in [0.4, 0.5) is 5.69 Å². The third-order valence-electron chi connectivity index (χ3n) is 2.03. The van der Waals surface area contributed by atoms with Crippen molar-refractivity contribution in [3.8, 4) is 0 Å². The number of hydrogen-bond donors (Lipinski definition) is 2. The summed E-state index contributed by atoms with van der Waals surface area (Å²) in [6.07, 6.45) is -1.85. The normalized spacial score (nSPS) is 21.8. The van der Waals surface area contributed by atoms with E-state index in [1.165, 1.54) is 0 Å². The van der Waals surface area contributed by atoms with Crippen molar-refractivity contribution in [2.24, 2.45) is 0 Å². The van der Waals surface area contributed by atoms with Gasteiger partial charge in [-0.2, -0.15) is 0 Å². The van der Waals surface area contributed by atoms with Gasteiger partial charge in [-0.15, -0.1) is 0 Å². The fourth-order valence-electron chi connectivity index (χ4n) is 1.23. The van der Waals surface area contributed by atoms with Gasteiger partial charge in [0.05, 0.1) is 0 Å². The maximum atomic E-state index is 11.4. The Hall–Kier alpha value is -0.880. The molecule has 0 bridgehead atoms. The van der Waals surface area contributed by atoms with Crippen molar-refractivity contribution in [3.05, 3.63) is 30.3 Å². The van der Waals surface area contributed by atoms with Crippen LogP contribution in [0.5, 0.6) is 0 Å². The van der Waals surface area contributed by atoms with Gasteiger partial charge in [0.25, 0.3) is 5.91 Å². The zero-order valence-electron chi connectivity index (χ0n) is 9.71. The van der Waals surface area contributed by atoms with Crippen molar-refractivity contribution < 1.29 is 50.4 Å². The zero-order valence-corrected chi connectivity index (χ0v) is 10.7. The predicted octanol–water partition coefficient (Wildman–Crippen LogP) is -2.41. The van der Waals surface area contributed by atoms with Gasteiger partial charge >= 0.3 is 35.5 Å². The van der Waals surface area contributed by atoms with E-state index in [9.17, 15) is 9.59 Å². The average molecular weight is 231 g/mol. The molecule has 16 heavy (non-hydrogen) atoms. The molecule has 2 unspecified atom stereocenters. The Kier molecular flexibility index (Phi) is 4.49. The molecule has 1 saturated heterocycles. The molecule has 1 aliphatic rings. The third kappa shape index (κ3) is 3.05. The van der Waals surface area contributed by atoms with E-state index in [1.807, 2.05) is 6.07 Å². The number of anilines is 1. The molecule has 1 fully saturated rings. The standard InChI is InChI=1S/C10H9NO4.Na.H/c12-9(7-8(15-7)10(13)14)11-6-4-2-1-3-5-6;;/h1-5,7-8H,(H,11,12)(H,13,14);;/q;+1;-1. The second-order valence-corrected chi connectivity index (χ2v) is 3.17. The fourth-order valence-corrected chi connectivity index (χ4v) is 1.23. The second kappa shape index (κ2) is 5.45. The van der Waals surface area contributed by atoms with E-state index >= 15 is 0 Å². The Morgan fingerprint density at radius 2 is 1.88 bits per heavy atom. The van der Waals surface area contributed by atoms with Gasteiger partial charge in [-0.05, 0) is 12.1 Å². The van der Waals surface area contributed by atoms with Gasteiger partial charge in [0.15, 0.2) is 12.2 Å². The number of amides is 1. The quantitative estimate of drug-likeness (QED) is 0.449. The second-order valence-electron chi connectivity index (χ2n) is 3.17. The Balaban J connectivity index is 0.00000128. The number of hydrogen-bond acceptors (Lipinski definition) is 3. The predicted molar refractivity (Wildman–Crippen MR) is 52.5 cm³/mol. The minimum absolute atomic E-state index is 0. The Labute approximate surface area is 116 Å². The molecule has 80 valence electrons. The Morgan fingerprint density at radius 3 is 2.38 bits per heavy atom. The number of para-hydroxylation sites is 1. The Morgan fingerprint density at radius 1 is 1.25 bits per heavy atom. The van der Waals surface area contributed by atoms with Crippen molar-refractivity contribution in [1.82, 2.24) is 0 Å². The summed E-state index contributed by atoms with van der Waals surface area (Å²) >= 11 is 0. The molecule has 1 amide bonds. The SMILES string of the molecule is O=C(O)C1OC1C(=O)Nc1ccccc1.[H-].[Na+]. The molecule has 2 rings (SSSR count). The van der Waals surface area contributed by atoms with Crippen molar-refractivity contribution in [3.63, 3.8) is 0 Å². The van der Waals surface area contributed by atoms with Crippen molar-refractivity contribution in [2.75, 3.05) is 5.32 Å². The van der Waals surface area contributed by atoms with Crippen LogP contribution >= 0.6 is 0 Å². The molecule has 1 heterocycles. The molecular formula is C10H10NNaO4. The molecule has 0 saturated carbocycles. The fraction of sp³-hybridized carbons (Fsp3) is 0.200. The summed E-state index contributed by atoms with van der Waals surface area (Å²) in [5.41, 5.74) is 0.627. The van der Waals surface area contributed by atoms with Gasteiger partial charge in [0, 0.05) is 5.69 Å². The number of ether oxygens (including phenoxy) is 1. The number of benzene rings is 1.